The van der Waals surface area contributed by atoms with Crippen molar-refractivity contribution in [3.8, 4) is 17.2 Å². The highest BCUT2D eigenvalue weighted by atomic mass is 32.1. The molecule has 206 valence electrons. The number of hydrogen-bond acceptors (Lipinski definition) is 8. The van der Waals surface area contributed by atoms with E-state index in [9.17, 15) is 9.59 Å². The van der Waals surface area contributed by atoms with Crippen LogP contribution in [0.5, 0.6) is 17.2 Å². The van der Waals surface area contributed by atoms with Crippen molar-refractivity contribution in [2.24, 2.45) is 4.99 Å². The Morgan fingerprint density at radius 3 is 2.68 bits per heavy atom. The highest BCUT2D eigenvalue weighted by molar-refractivity contribution is 7.07. The first-order valence-electron chi connectivity index (χ1n) is 13.1. The third kappa shape index (κ3) is 4.96. The first-order chi connectivity index (χ1) is 20.1. The molecule has 0 aliphatic carbocycles. The van der Waals surface area contributed by atoms with Gasteiger partial charge >= 0.3 is 5.97 Å². The van der Waals surface area contributed by atoms with Gasteiger partial charge in [-0.15, -0.1) is 0 Å². The fourth-order valence-electron chi connectivity index (χ4n) is 4.86. The van der Waals surface area contributed by atoms with Crippen LogP contribution in [-0.2, 0) is 9.53 Å². The first-order valence-corrected chi connectivity index (χ1v) is 13.9. The van der Waals surface area contributed by atoms with Gasteiger partial charge in [-0.25, -0.2) is 9.79 Å². The number of para-hydroxylation sites is 1. The minimum Gasteiger partial charge on any atom is -0.489 e. The second-order valence-electron chi connectivity index (χ2n) is 9.18. The summed E-state index contributed by atoms with van der Waals surface area (Å²) < 4.78 is 24.5. The molecule has 1 aromatic heterocycles. The summed E-state index contributed by atoms with van der Waals surface area (Å²) in [6.45, 7) is 6.07. The van der Waals surface area contributed by atoms with Crippen LogP contribution >= 0.6 is 11.3 Å². The Labute approximate surface area is 239 Å². The largest absolute Gasteiger partial charge is 0.489 e. The van der Waals surface area contributed by atoms with Gasteiger partial charge in [0.05, 0.1) is 28.5 Å². The SMILES string of the molecule is C=CCOc1ccccc1C=c1sc2n(c1=O)[C@@H](c1ccc3c(c1)OCO3)C(C(=O)OCC)=C(c1ccccc1)N=2. The molecule has 0 fully saturated rings. The van der Waals surface area contributed by atoms with E-state index in [1.807, 2.05) is 60.7 Å². The molecule has 6 rings (SSSR count). The first kappa shape index (κ1) is 26.3. The molecule has 1 atom stereocenters. The number of aromatic nitrogens is 1. The van der Waals surface area contributed by atoms with E-state index >= 15 is 0 Å². The molecule has 0 saturated heterocycles. The van der Waals surface area contributed by atoms with Crippen LogP contribution in [0.25, 0.3) is 11.8 Å². The zero-order valence-corrected chi connectivity index (χ0v) is 23.1. The molecule has 2 aliphatic heterocycles. The van der Waals surface area contributed by atoms with Crippen LogP contribution in [0.1, 0.15) is 29.7 Å². The Balaban J connectivity index is 1.62. The normalized spacial score (nSPS) is 15.7. The summed E-state index contributed by atoms with van der Waals surface area (Å²) in [5, 5.41) is 0. The van der Waals surface area contributed by atoms with Crippen molar-refractivity contribution in [3.05, 3.63) is 127 Å². The molecule has 0 N–H and O–H groups in total. The lowest BCUT2D eigenvalue weighted by Crippen LogP contribution is -2.40. The molecule has 0 unspecified atom stereocenters. The van der Waals surface area contributed by atoms with Gasteiger partial charge in [0.1, 0.15) is 12.4 Å². The van der Waals surface area contributed by atoms with Crippen molar-refractivity contribution in [1.82, 2.24) is 4.57 Å². The molecule has 3 heterocycles. The number of benzene rings is 3. The standard InChI is InChI=1S/C32H26N2O6S/c1-3-16-38-23-13-9-8-12-21(23)18-26-30(35)34-29(22-14-15-24-25(17-22)40-19-39-24)27(31(36)37-4-2)28(33-32(34)41-26)20-10-6-5-7-11-20/h3,5-15,17-18,29H,1,4,16,19H2,2H3/t29-/m0/s1. The molecule has 41 heavy (non-hydrogen) atoms. The third-order valence-electron chi connectivity index (χ3n) is 6.65. The van der Waals surface area contributed by atoms with Gasteiger partial charge in [-0.3, -0.25) is 9.36 Å². The Hall–Kier alpha value is -4.89. The Morgan fingerprint density at radius 2 is 1.88 bits per heavy atom. The van der Waals surface area contributed by atoms with Gasteiger partial charge in [0.15, 0.2) is 16.3 Å². The highest BCUT2D eigenvalue weighted by Crippen LogP contribution is 2.40. The predicted molar refractivity (Wildman–Crippen MR) is 156 cm³/mol. The molecule has 0 radical (unpaired) electrons. The van der Waals surface area contributed by atoms with Crippen LogP contribution in [0.2, 0.25) is 0 Å². The second kappa shape index (κ2) is 11.3. The van der Waals surface area contributed by atoms with Crippen molar-refractivity contribution < 1.29 is 23.7 Å². The van der Waals surface area contributed by atoms with E-state index in [0.717, 1.165) is 11.1 Å². The molecular formula is C32H26N2O6S. The second-order valence-corrected chi connectivity index (χ2v) is 10.2. The summed E-state index contributed by atoms with van der Waals surface area (Å²) in [7, 11) is 0. The van der Waals surface area contributed by atoms with Gasteiger partial charge < -0.3 is 18.9 Å². The number of nitrogens with zero attached hydrogens (tertiary/aromatic N) is 2. The van der Waals surface area contributed by atoms with E-state index in [0.29, 0.717) is 44.4 Å². The van der Waals surface area contributed by atoms with Crippen LogP contribution in [0.15, 0.2) is 101 Å². The van der Waals surface area contributed by atoms with Gasteiger partial charge in [0.25, 0.3) is 5.56 Å². The van der Waals surface area contributed by atoms with Crippen LogP contribution in [0.4, 0.5) is 0 Å². The van der Waals surface area contributed by atoms with Crippen molar-refractivity contribution in [2.45, 2.75) is 13.0 Å². The molecule has 0 amide bonds. The summed E-state index contributed by atoms with van der Waals surface area (Å²) in [6, 6.07) is 21.5. The average Bonchev–Trinajstić information content (AvgIpc) is 3.60. The summed E-state index contributed by atoms with van der Waals surface area (Å²) in [6.07, 6.45) is 3.45. The van der Waals surface area contributed by atoms with Crippen molar-refractivity contribution >= 4 is 29.1 Å². The summed E-state index contributed by atoms with van der Waals surface area (Å²) in [4.78, 5) is 33.1. The lowest BCUT2D eigenvalue weighted by Gasteiger charge is -2.26. The fourth-order valence-corrected chi connectivity index (χ4v) is 5.85. The number of carbonyl (C=O) groups excluding carboxylic acids is 1. The molecule has 9 heteroatoms. The van der Waals surface area contributed by atoms with Crippen LogP contribution in [0.3, 0.4) is 0 Å². The minimum absolute atomic E-state index is 0.102. The van der Waals surface area contributed by atoms with Gasteiger partial charge in [-0.1, -0.05) is 78.6 Å². The smallest absolute Gasteiger partial charge is 0.338 e. The van der Waals surface area contributed by atoms with Crippen LogP contribution < -0.4 is 29.1 Å². The molecule has 0 saturated carbocycles. The maximum Gasteiger partial charge on any atom is 0.338 e. The number of rotatable bonds is 8. The van der Waals surface area contributed by atoms with E-state index in [2.05, 4.69) is 6.58 Å². The number of hydrogen-bond donors (Lipinski definition) is 0. The van der Waals surface area contributed by atoms with Gasteiger partial charge in [0.2, 0.25) is 6.79 Å². The summed E-state index contributed by atoms with van der Waals surface area (Å²) in [5.41, 5.74) is 2.58. The molecule has 2 aliphatic rings. The fraction of sp³-hybridized carbons (Fsp3) is 0.156. The predicted octanol–water partition coefficient (Wildman–Crippen LogP) is 4.23. The van der Waals surface area contributed by atoms with E-state index in [1.54, 1.807) is 35.8 Å². The molecule has 0 spiro atoms. The molecular weight excluding hydrogens is 540 g/mol. The Morgan fingerprint density at radius 1 is 1.10 bits per heavy atom. The van der Waals surface area contributed by atoms with E-state index in [1.165, 1.54) is 11.3 Å². The molecule has 3 aromatic carbocycles. The number of esters is 1. The summed E-state index contributed by atoms with van der Waals surface area (Å²) in [5.74, 6) is 1.22. The van der Waals surface area contributed by atoms with Gasteiger partial charge in [-0.2, -0.15) is 0 Å². The average molecular weight is 567 g/mol. The molecule has 0 bridgehead atoms. The van der Waals surface area contributed by atoms with Crippen LogP contribution in [0, 0.1) is 0 Å². The van der Waals surface area contributed by atoms with Gasteiger partial charge in [0, 0.05) is 11.1 Å². The maximum absolute atomic E-state index is 14.1. The van der Waals surface area contributed by atoms with Crippen LogP contribution in [-0.4, -0.2) is 30.5 Å². The lowest BCUT2D eigenvalue weighted by atomic mass is 9.93. The quantitative estimate of drug-likeness (QED) is 0.234. The zero-order chi connectivity index (χ0) is 28.3. The third-order valence-corrected chi connectivity index (χ3v) is 7.63. The zero-order valence-electron chi connectivity index (χ0n) is 22.2. The number of carbonyl (C=O) groups is 1. The summed E-state index contributed by atoms with van der Waals surface area (Å²) >= 11 is 1.25. The van der Waals surface area contributed by atoms with Crippen molar-refractivity contribution in [2.75, 3.05) is 20.0 Å². The Kier molecular flexibility index (Phi) is 7.26. The van der Waals surface area contributed by atoms with Crippen molar-refractivity contribution in [1.29, 1.82) is 0 Å². The van der Waals surface area contributed by atoms with E-state index in [4.69, 9.17) is 23.9 Å². The van der Waals surface area contributed by atoms with Crippen molar-refractivity contribution in [3.63, 3.8) is 0 Å². The minimum atomic E-state index is -0.815. The molecule has 4 aromatic rings. The van der Waals surface area contributed by atoms with E-state index < -0.39 is 12.0 Å². The molecule has 8 nitrogen and oxygen atoms in total. The topological polar surface area (TPSA) is 88.3 Å². The van der Waals surface area contributed by atoms with E-state index in [-0.39, 0.29) is 24.5 Å². The number of thiazole rings is 1. The van der Waals surface area contributed by atoms with Gasteiger partial charge in [-0.05, 0) is 36.8 Å². The lowest BCUT2D eigenvalue weighted by molar-refractivity contribution is -0.138. The number of fused-ring (bicyclic) bond motifs is 2. The Bertz CT molecular complexity index is 1850. The maximum atomic E-state index is 14.1. The monoisotopic (exact) mass is 566 g/mol. The number of ether oxygens (including phenoxy) is 4. The highest BCUT2D eigenvalue weighted by Gasteiger charge is 2.36.